The molecular weight excluding hydrogens is 174 g/mol. The molecule has 0 bridgehead atoms. The van der Waals surface area contributed by atoms with Gasteiger partial charge in [-0.05, 0) is 24.8 Å². The highest BCUT2D eigenvalue weighted by molar-refractivity contribution is 5.17. The van der Waals surface area contributed by atoms with E-state index >= 15 is 0 Å². The first kappa shape index (κ1) is 9.69. The van der Waals surface area contributed by atoms with E-state index in [0.717, 1.165) is 12.8 Å². The number of hydrogen-bond donors (Lipinski definition) is 1. The van der Waals surface area contributed by atoms with Crippen molar-refractivity contribution in [3.8, 4) is 0 Å². The molecular formula is C12H17NO. The zero-order valence-electron chi connectivity index (χ0n) is 8.36. The maximum absolute atomic E-state index is 5.90. The van der Waals surface area contributed by atoms with Gasteiger partial charge >= 0.3 is 0 Å². The SMILES string of the molecule is NC[C@@H]1CCCC(c2ccccc2)O1. The van der Waals surface area contributed by atoms with Crippen LogP contribution >= 0.6 is 0 Å². The van der Waals surface area contributed by atoms with Crippen LogP contribution in [-0.2, 0) is 4.74 Å². The number of ether oxygens (including phenoxy) is 1. The molecule has 1 fully saturated rings. The van der Waals surface area contributed by atoms with Crippen molar-refractivity contribution in [3.63, 3.8) is 0 Å². The second kappa shape index (κ2) is 4.58. The highest BCUT2D eigenvalue weighted by Crippen LogP contribution is 2.30. The fraction of sp³-hybridized carbons (Fsp3) is 0.500. The predicted octanol–water partition coefficient (Wildman–Crippen LogP) is 2.26. The fourth-order valence-corrected chi connectivity index (χ4v) is 1.99. The van der Waals surface area contributed by atoms with E-state index in [9.17, 15) is 0 Å². The van der Waals surface area contributed by atoms with Crippen molar-refractivity contribution >= 4 is 0 Å². The van der Waals surface area contributed by atoms with Crippen LogP contribution in [0.5, 0.6) is 0 Å². The van der Waals surface area contributed by atoms with Gasteiger partial charge in [0.1, 0.15) is 0 Å². The third-order valence-electron chi connectivity index (χ3n) is 2.78. The molecule has 1 aromatic carbocycles. The highest BCUT2D eigenvalue weighted by Gasteiger charge is 2.22. The molecule has 0 aromatic heterocycles. The normalized spacial score (nSPS) is 27.5. The summed E-state index contributed by atoms with van der Waals surface area (Å²) in [5.41, 5.74) is 6.90. The lowest BCUT2D eigenvalue weighted by atomic mass is 9.98. The highest BCUT2D eigenvalue weighted by atomic mass is 16.5. The molecule has 0 saturated carbocycles. The molecule has 1 saturated heterocycles. The van der Waals surface area contributed by atoms with E-state index in [2.05, 4.69) is 24.3 Å². The summed E-state index contributed by atoms with van der Waals surface area (Å²) in [7, 11) is 0. The molecule has 2 nitrogen and oxygen atoms in total. The van der Waals surface area contributed by atoms with Gasteiger partial charge < -0.3 is 10.5 Å². The van der Waals surface area contributed by atoms with E-state index in [4.69, 9.17) is 10.5 Å². The molecule has 0 spiro atoms. The summed E-state index contributed by atoms with van der Waals surface area (Å²) < 4.78 is 5.90. The summed E-state index contributed by atoms with van der Waals surface area (Å²) in [6.07, 6.45) is 3.98. The van der Waals surface area contributed by atoms with Crippen LogP contribution in [0.15, 0.2) is 30.3 Å². The summed E-state index contributed by atoms with van der Waals surface area (Å²) in [6, 6.07) is 10.4. The third-order valence-corrected chi connectivity index (χ3v) is 2.78. The molecule has 1 unspecified atom stereocenters. The van der Waals surface area contributed by atoms with Crippen LogP contribution in [0, 0.1) is 0 Å². The molecule has 0 radical (unpaired) electrons. The van der Waals surface area contributed by atoms with Crippen molar-refractivity contribution in [3.05, 3.63) is 35.9 Å². The van der Waals surface area contributed by atoms with Crippen LogP contribution in [0.2, 0.25) is 0 Å². The molecule has 1 aliphatic heterocycles. The van der Waals surface area contributed by atoms with E-state index in [1.54, 1.807) is 0 Å². The molecule has 2 atom stereocenters. The second-order valence-corrected chi connectivity index (χ2v) is 3.82. The van der Waals surface area contributed by atoms with Crippen molar-refractivity contribution in [2.45, 2.75) is 31.5 Å². The van der Waals surface area contributed by atoms with Gasteiger partial charge in [0.05, 0.1) is 12.2 Å². The van der Waals surface area contributed by atoms with Crippen LogP contribution in [0.1, 0.15) is 30.9 Å². The average Bonchev–Trinajstić information content (AvgIpc) is 2.30. The quantitative estimate of drug-likeness (QED) is 0.778. The maximum atomic E-state index is 5.90. The third kappa shape index (κ3) is 2.14. The Morgan fingerprint density at radius 3 is 2.71 bits per heavy atom. The van der Waals surface area contributed by atoms with Gasteiger partial charge in [0.15, 0.2) is 0 Å². The molecule has 2 heteroatoms. The Labute approximate surface area is 85.1 Å². The lowest BCUT2D eigenvalue weighted by Crippen LogP contribution is -2.29. The molecule has 14 heavy (non-hydrogen) atoms. The number of hydrogen-bond acceptors (Lipinski definition) is 2. The number of nitrogens with two attached hydrogens (primary N) is 1. The zero-order chi connectivity index (χ0) is 9.80. The van der Waals surface area contributed by atoms with Gasteiger partial charge in [-0.2, -0.15) is 0 Å². The summed E-state index contributed by atoms with van der Waals surface area (Å²) in [5.74, 6) is 0. The first-order chi connectivity index (χ1) is 6.90. The van der Waals surface area contributed by atoms with Gasteiger partial charge in [0, 0.05) is 6.54 Å². The standard InChI is InChI=1S/C12H17NO/c13-9-11-7-4-8-12(14-11)10-5-2-1-3-6-10/h1-3,5-6,11-12H,4,7-9,13H2/t11-,12?/m0/s1. The Hall–Kier alpha value is -0.860. The van der Waals surface area contributed by atoms with Gasteiger partial charge in [0.25, 0.3) is 0 Å². The summed E-state index contributed by atoms with van der Waals surface area (Å²) >= 11 is 0. The first-order valence-electron chi connectivity index (χ1n) is 5.30. The second-order valence-electron chi connectivity index (χ2n) is 3.82. The molecule has 1 aromatic rings. The molecule has 0 amide bonds. The average molecular weight is 191 g/mol. The van der Waals surface area contributed by atoms with Crippen LogP contribution in [-0.4, -0.2) is 12.6 Å². The summed E-state index contributed by atoms with van der Waals surface area (Å²) in [5, 5.41) is 0. The van der Waals surface area contributed by atoms with Crippen LogP contribution < -0.4 is 5.73 Å². The number of benzene rings is 1. The van der Waals surface area contributed by atoms with Crippen LogP contribution in [0.3, 0.4) is 0 Å². The van der Waals surface area contributed by atoms with Gasteiger partial charge in [0.2, 0.25) is 0 Å². The number of rotatable bonds is 2. The molecule has 1 heterocycles. The summed E-state index contributed by atoms with van der Waals surface area (Å²) in [6.45, 7) is 0.642. The summed E-state index contributed by atoms with van der Waals surface area (Å²) in [4.78, 5) is 0. The van der Waals surface area contributed by atoms with Gasteiger partial charge in [-0.15, -0.1) is 0 Å². The van der Waals surface area contributed by atoms with E-state index in [0.29, 0.717) is 6.54 Å². The Morgan fingerprint density at radius 2 is 2.00 bits per heavy atom. The topological polar surface area (TPSA) is 35.2 Å². The lowest BCUT2D eigenvalue weighted by molar-refractivity contribution is -0.0461. The monoisotopic (exact) mass is 191 g/mol. The van der Waals surface area contributed by atoms with Crippen molar-refractivity contribution in [2.24, 2.45) is 5.73 Å². The molecule has 1 aliphatic rings. The van der Waals surface area contributed by atoms with Crippen molar-refractivity contribution in [1.29, 1.82) is 0 Å². The van der Waals surface area contributed by atoms with E-state index in [1.807, 2.05) is 6.07 Å². The van der Waals surface area contributed by atoms with Crippen LogP contribution in [0.25, 0.3) is 0 Å². The van der Waals surface area contributed by atoms with E-state index in [1.165, 1.54) is 12.0 Å². The molecule has 0 aliphatic carbocycles. The Morgan fingerprint density at radius 1 is 1.21 bits per heavy atom. The molecule has 2 N–H and O–H groups in total. The predicted molar refractivity (Wildman–Crippen MR) is 57.0 cm³/mol. The largest absolute Gasteiger partial charge is 0.369 e. The molecule has 76 valence electrons. The van der Waals surface area contributed by atoms with E-state index in [-0.39, 0.29) is 12.2 Å². The lowest BCUT2D eigenvalue weighted by Gasteiger charge is -2.29. The Kier molecular flexibility index (Phi) is 3.17. The molecule has 2 rings (SSSR count). The van der Waals surface area contributed by atoms with Gasteiger partial charge in [-0.3, -0.25) is 0 Å². The van der Waals surface area contributed by atoms with Crippen molar-refractivity contribution < 1.29 is 4.74 Å². The maximum Gasteiger partial charge on any atom is 0.0829 e. The Bertz CT molecular complexity index is 273. The minimum atomic E-state index is 0.258. The van der Waals surface area contributed by atoms with Crippen molar-refractivity contribution in [2.75, 3.05) is 6.54 Å². The minimum Gasteiger partial charge on any atom is -0.369 e. The van der Waals surface area contributed by atoms with Gasteiger partial charge in [-0.25, -0.2) is 0 Å². The smallest absolute Gasteiger partial charge is 0.0829 e. The van der Waals surface area contributed by atoms with Gasteiger partial charge in [-0.1, -0.05) is 30.3 Å². The fourth-order valence-electron chi connectivity index (χ4n) is 1.99. The zero-order valence-corrected chi connectivity index (χ0v) is 8.36. The minimum absolute atomic E-state index is 0.258. The van der Waals surface area contributed by atoms with Crippen molar-refractivity contribution in [1.82, 2.24) is 0 Å². The van der Waals surface area contributed by atoms with Crippen LogP contribution in [0.4, 0.5) is 0 Å². The first-order valence-corrected chi connectivity index (χ1v) is 5.30. The Balaban J connectivity index is 2.04. The van der Waals surface area contributed by atoms with E-state index < -0.39 is 0 Å².